The Morgan fingerprint density at radius 1 is 1.50 bits per heavy atom. The van der Waals surface area contributed by atoms with Crippen molar-refractivity contribution in [2.45, 2.75) is 44.9 Å². The van der Waals surface area contributed by atoms with Crippen LogP contribution in [0.25, 0.3) is 0 Å². The zero-order valence-electron chi connectivity index (χ0n) is 10.9. The number of carbonyl (C=O) groups is 1. The second-order valence-corrected chi connectivity index (χ2v) is 5.01. The Hall–Kier alpha value is -1.51. The molecule has 1 aliphatic carbocycles. The number of aryl methyl sites for hydroxylation is 1. The average Bonchev–Trinajstić information content (AvgIpc) is 2.72. The molecule has 3 heteroatoms. The molecule has 0 aromatic heterocycles. The number of amides is 1. The minimum atomic E-state index is 0.145. The monoisotopic (exact) mass is 247 g/mol. The first-order valence-electron chi connectivity index (χ1n) is 6.79. The van der Waals surface area contributed by atoms with Gasteiger partial charge in [0.15, 0.2) is 0 Å². The van der Waals surface area contributed by atoms with Crippen molar-refractivity contribution in [2.75, 3.05) is 6.54 Å². The summed E-state index contributed by atoms with van der Waals surface area (Å²) in [5.74, 6) is 0.969. The Kier molecular flexibility index (Phi) is 4.24. The van der Waals surface area contributed by atoms with E-state index in [0.29, 0.717) is 18.1 Å². The largest absolute Gasteiger partial charge is 0.508 e. The van der Waals surface area contributed by atoms with Crippen LogP contribution in [-0.2, 0) is 11.2 Å². The van der Waals surface area contributed by atoms with E-state index >= 15 is 0 Å². The summed E-state index contributed by atoms with van der Waals surface area (Å²) in [6.07, 6.45) is 4.69. The third-order valence-corrected chi connectivity index (χ3v) is 3.62. The number of nitrogens with one attached hydrogen (secondary N) is 1. The van der Waals surface area contributed by atoms with Gasteiger partial charge in [-0.1, -0.05) is 13.0 Å². The van der Waals surface area contributed by atoms with Gasteiger partial charge in [0.2, 0.25) is 5.91 Å². The standard InChI is InChI=1S/C15H21NO2/c1-2-3-15(18)16-9-8-12-5-4-11-6-7-13(17)10-14(11)12/h6-7,10,12,17H,2-5,8-9H2,1H3,(H,16,18). The molecule has 0 fully saturated rings. The quantitative estimate of drug-likeness (QED) is 0.840. The Bertz CT molecular complexity index is 429. The lowest BCUT2D eigenvalue weighted by atomic mass is 9.97. The van der Waals surface area contributed by atoms with E-state index in [1.807, 2.05) is 19.1 Å². The van der Waals surface area contributed by atoms with Crippen LogP contribution >= 0.6 is 0 Å². The van der Waals surface area contributed by atoms with Gasteiger partial charge in [0, 0.05) is 13.0 Å². The van der Waals surface area contributed by atoms with Gasteiger partial charge in [-0.05, 0) is 54.9 Å². The SMILES string of the molecule is CCCC(=O)NCCC1CCc2ccc(O)cc21. The first kappa shape index (κ1) is 12.9. The van der Waals surface area contributed by atoms with Crippen LogP contribution in [0, 0.1) is 0 Å². The van der Waals surface area contributed by atoms with Gasteiger partial charge in [0.05, 0.1) is 0 Å². The molecule has 2 N–H and O–H groups in total. The second-order valence-electron chi connectivity index (χ2n) is 5.01. The number of aromatic hydroxyl groups is 1. The van der Waals surface area contributed by atoms with Gasteiger partial charge in [-0.3, -0.25) is 4.79 Å². The number of hydrogen-bond acceptors (Lipinski definition) is 2. The molecule has 0 saturated carbocycles. The minimum absolute atomic E-state index is 0.145. The molecule has 3 nitrogen and oxygen atoms in total. The van der Waals surface area contributed by atoms with Crippen molar-refractivity contribution in [1.29, 1.82) is 0 Å². The van der Waals surface area contributed by atoms with Gasteiger partial charge in [-0.25, -0.2) is 0 Å². The summed E-state index contributed by atoms with van der Waals surface area (Å²) < 4.78 is 0. The molecule has 0 heterocycles. The van der Waals surface area contributed by atoms with Crippen molar-refractivity contribution in [3.8, 4) is 5.75 Å². The van der Waals surface area contributed by atoms with E-state index in [2.05, 4.69) is 5.32 Å². The number of hydrogen-bond donors (Lipinski definition) is 2. The lowest BCUT2D eigenvalue weighted by molar-refractivity contribution is -0.121. The van der Waals surface area contributed by atoms with E-state index < -0.39 is 0 Å². The highest BCUT2D eigenvalue weighted by Crippen LogP contribution is 2.36. The number of phenols is 1. The Morgan fingerprint density at radius 3 is 3.11 bits per heavy atom. The predicted molar refractivity (Wildman–Crippen MR) is 71.7 cm³/mol. The third kappa shape index (κ3) is 3.03. The average molecular weight is 247 g/mol. The molecule has 0 aliphatic heterocycles. The maximum Gasteiger partial charge on any atom is 0.219 e. The third-order valence-electron chi connectivity index (χ3n) is 3.62. The molecule has 0 spiro atoms. The van der Waals surface area contributed by atoms with E-state index in [1.165, 1.54) is 11.1 Å². The summed E-state index contributed by atoms with van der Waals surface area (Å²) in [7, 11) is 0. The molecule has 1 aromatic carbocycles. The van der Waals surface area contributed by atoms with E-state index in [-0.39, 0.29) is 5.91 Å². The van der Waals surface area contributed by atoms with Crippen molar-refractivity contribution >= 4 is 5.91 Å². The van der Waals surface area contributed by atoms with Gasteiger partial charge < -0.3 is 10.4 Å². The van der Waals surface area contributed by atoms with Crippen LogP contribution < -0.4 is 5.32 Å². The van der Waals surface area contributed by atoms with Crippen molar-refractivity contribution in [3.63, 3.8) is 0 Å². The molecule has 98 valence electrons. The summed E-state index contributed by atoms with van der Waals surface area (Å²) in [6, 6.07) is 5.64. The first-order chi connectivity index (χ1) is 8.70. The molecule has 18 heavy (non-hydrogen) atoms. The fourth-order valence-corrected chi connectivity index (χ4v) is 2.68. The van der Waals surface area contributed by atoms with E-state index in [4.69, 9.17) is 0 Å². The Labute approximate surface area is 108 Å². The van der Waals surface area contributed by atoms with Crippen LogP contribution in [-0.4, -0.2) is 17.6 Å². The van der Waals surface area contributed by atoms with Crippen LogP contribution in [0.1, 0.15) is 49.7 Å². The fraction of sp³-hybridized carbons (Fsp3) is 0.533. The number of fused-ring (bicyclic) bond motifs is 1. The molecule has 1 unspecified atom stereocenters. The number of phenolic OH excluding ortho intramolecular Hbond substituents is 1. The molecular weight excluding hydrogens is 226 g/mol. The Balaban J connectivity index is 1.86. The smallest absolute Gasteiger partial charge is 0.219 e. The molecule has 1 aromatic rings. The second kappa shape index (κ2) is 5.89. The Morgan fingerprint density at radius 2 is 2.33 bits per heavy atom. The maximum atomic E-state index is 11.4. The maximum absolute atomic E-state index is 11.4. The van der Waals surface area contributed by atoms with Gasteiger partial charge in [0.25, 0.3) is 0 Å². The lowest BCUT2D eigenvalue weighted by Gasteiger charge is -2.12. The van der Waals surface area contributed by atoms with Crippen LogP contribution in [0.4, 0.5) is 0 Å². The summed E-state index contributed by atoms with van der Waals surface area (Å²) in [5, 5.41) is 12.5. The highest BCUT2D eigenvalue weighted by Gasteiger charge is 2.22. The van der Waals surface area contributed by atoms with Crippen molar-refractivity contribution in [2.24, 2.45) is 0 Å². The molecule has 0 saturated heterocycles. The number of benzene rings is 1. The van der Waals surface area contributed by atoms with Crippen molar-refractivity contribution < 1.29 is 9.90 Å². The molecule has 0 radical (unpaired) electrons. The van der Waals surface area contributed by atoms with Crippen LogP contribution in [0.3, 0.4) is 0 Å². The minimum Gasteiger partial charge on any atom is -0.508 e. The number of carbonyl (C=O) groups excluding carboxylic acids is 1. The van der Waals surface area contributed by atoms with E-state index in [1.54, 1.807) is 6.07 Å². The molecular formula is C15H21NO2. The van der Waals surface area contributed by atoms with Crippen LogP contribution in [0.2, 0.25) is 0 Å². The molecule has 1 atom stereocenters. The molecule has 1 amide bonds. The normalized spacial score (nSPS) is 17.5. The summed E-state index contributed by atoms with van der Waals surface area (Å²) in [4.78, 5) is 11.4. The summed E-state index contributed by atoms with van der Waals surface area (Å²) >= 11 is 0. The zero-order chi connectivity index (χ0) is 13.0. The number of rotatable bonds is 5. The predicted octanol–water partition coefficient (Wildman–Crippen LogP) is 2.73. The highest BCUT2D eigenvalue weighted by molar-refractivity contribution is 5.75. The van der Waals surface area contributed by atoms with Crippen LogP contribution in [0.15, 0.2) is 18.2 Å². The van der Waals surface area contributed by atoms with Gasteiger partial charge >= 0.3 is 0 Å². The van der Waals surface area contributed by atoms with Crippen LogP contribution in [0.5, 0.6) is 5.75 Å². The molecule has 0 bridgehead atoms. The fourth-order valence-electron chi connectivity index (χ4n) is 2.68. The van der Waals surface area contributed by atoms with Gasteiger partial charge in [-0.15, -0.1) is 0 Å². The highest BCUT2D eigenvalue weighted by atomic mass is 16.3. The lowest BCUT2D eigenvalue weighted by Crippen LogP contribution is -2.24. The van der Waals surface area contributed by atoms with Gasteiger partial charge in [-0.2, -0.15) is 0 Å². The summed E-state index contributed by atoms with van der Waals surface area (Å²) in [6.45, 7) is 2.74. The molecule has 1 aliphatic rings. The topological polar surface area (TPSA) is 49.3 Å². The van der Waals surface area contributed by atoms with E-state index in [0.717, 1.165) is 32.2 Å². The van der Waals surface area contributed by atoms with Gasteiger partial charge in [0.1, 0.15) is 5.75 Å². The molecule has 2 rings (SSSR count). The van der Waals surface area contributed by atoms with Crippen molar-refractivity contribution in [3.05, 3.63) is 29.3 Å². The van der Waals surface area contributed by atoms with Crippen molar-refractivity contribution in [1.82, 2.24) is 5.32 Å². The first-order valence-corrected chi connectivity index (χ1v) is 6.79. The van der Waals surface area contributed by atoms with E-state index in [9.17, 15) is 9.90 Å². The summed E-state index contributed by atoms with van der Waals surface area (Å²) in [5.41, 5.74) is 2.61. The zero-order valence-corrected chi connectivity index (χ0v) is 10.9.